The van der Waals surface area contributed by atoms with Crippen LogP contribution in [0.5, 0.6) is 0 Å². The Kier molecular flexibility index (Phi) is 4.76. The molecule has 1 heterocycles. The van der Waals surface area contributed by atoms with Crippen LogP contribution in [-0.4, -0.2) is 29.1 Å². The number of hydrogen-bond donors (Lipinski definition) is 2. The standard InChI is InChI=1S/C20H27ClN2O2/c21-18-11-22-16(2-1-3-24)7-17(18)19(25)23-12-20-8-13-4-14(9-20)6-15(5-13)10-20/h7,11,13-15,24H,1-6,8-10,12H2,(H,23,25). The number of nitrogens with zero attached hydrogens (tertiary/aromatic N) is 1. The van der Waals surface area contributed by atoms with Crippen molar-refractivity contribution in [3.05, 3.63) is 28.5 Å². The summed E-state index contributed by atoms with van der Waals surface area (Å²) in [5.41, 5.74) is 1.64. The van der Waals surface area contributed by atoms with Gasteiger partial charge in [-0.25, -0.2) is 0 Å². The van der Waals surface area contributed by atoms with Gasteiger partial charge in [0.05, 0.1) is 10.6 Å². The maximum absolute atomic E-state index is 12.7. The zero-order valence-electron chi connectivity index (χ0n) is 14.6. The van der Waals surface area contributed by atoms with Crippen LogP contribution in [0.4, 0.5) is 0 Å². The molecule has 0 atom stereocenters. The minimum absolute atomic E-state index is 0.0895. The summed E-state index contributed by atoms with van der Waals surface area (Å²) in [6.45, 7) is 0.901. The second-order valence-electron chi connectivity index (χ2n) is 8.58. The van der Waals surface area contributed by atoms with Gasteiger partial charge in [-0.2, -0.15) is 0 Å². The second kappa shape index (κ2) is 6.88. The first kappa shape index (κ1) is 17.3. The highest BCUT2D eigenvalue weighted by Crippen LogP contribution is 2.59. The van der Waals surface area contributed by atoms with Crippen molar-refractivity contribution in [1.82, 2.24) is 10.3 Å². The third kappa shape index (κ3) is 3.56. The van der Waals surface area contributed by atoms with Crippen molar-refractivity contribution in [2.75, 3.05) is 13.2 Å². The van der Waals surface area contributed by atoms with Crippen LogP contribution >= 0.6 is 11.6 Å². The molecular formula is C20H27ClN2O2. The van der Waals surface area contributed by atoms with Gasteiger partial charge >= 0.3 is 0 Å². The third-order valence-corrected chi connectivity index (χ3v) is 6.84. The molecule has 4 saturated carbocycles. The van der Waals surface area contributed by atoms with Gasteiger partial charge in [0, 0.05) is 25.0 Å². The lowest BCUT2D eigenvalue weighted by Gasteiger charge is -2.56. The normalized spacial score (nSPS) is 32.8. The number of aromatic nitrogens is 1. The minimum Gasteiger partial charge on any atom is -0.396 e. The van der Waals surface area contributed by atoms with E-state index in [4.69, 9.17) is 16.7 Å². The van der Waals surface area contributed by atoms with Crippen molar-refractivity contribution in [2.45, 2.75) is 51.4 Å². The number of carbonyl (C=O) groups excluding carboxylic acids is 1. The number of nitrogens with one attached hydrogen (secondary N) is 1. The van der Waals surface area contributed by atoms with E-state index in [1.165, 1.54) is 38.5 Å². The first-order valence-corrected chi connectivity index (χ1v) is 9.98. The van der Waals surface area contributed by atoms with Crippen molar-refractivity contribution in [3.8, 4) is 0 Å². The Morgan fingerprint density at radius 1 is 1.24 bits per heavy atom. The monoisotopic (exact) mass is 362 g/mol. The second-order valence-corrected chi connectivity index (χ2v) is 8.99. The highest BCUT2D eigenvalue weighted by Gasteiger charge is 2.50. The van der Waals surface area contributed by atoms with Gasteiger partial charge in [-0.15, -0.1) is 0 Å². The average Bonchev–Trinajstić information content (AvgIpc) is 2.58. The Morgan fingerprint density at radius 2 is 1.88 bits per heavy atom. The van der Waals surface area contributed by atoms with E-state index >= 15 is 0 Å². The molecule has 136 valence electrons. The lowest BCUT2D eigenvalue weighted by molar-refractivity contribution is -0.0503. The van der Waals surface area contributed by atoms with Crippen molar-refractivity contribution in [1.29, 1.82) is 0 Å². The summed E-state index contributed by atoms with van der Waals surface area (Å²) in [7, 11) is 0. The Hall–Kier alpha value is -1.13. The number of hydrogen-bond acceptors (Lipinski definition) is 3. The molecule has 0 radical (unpaired) electrons. The maximum atomic E-state index is 12.7. The molecule has 0 saturated heterocycles. The van der Waals surface area contributed by atoms with Crippen LogP contribution in [0.2, 0.25) is 5.02 Å². The van der Waals surface area contributed by atoms with Crippen LogP contribution in [0.25, 0.3) is 0 Å². The van der Waals surface area contributed by atoms with Crippen LogP contribution in [-0.2, 0) is 6.42 Å². The van der Waals surface area contributed by atoms with E-state index in [0.717, 1.165) is 30.0 Å². The SMILES string of the molecule is O=C(NCC12CC3CC(CC(C3)C1)C2)c1cc(CCCO)ncc1Cl. The molecule has 5 heteroatoms. The first-order chi connectivity index (χ1) is 12.1. The van der Waals surface area contributed by atoms with Crippen LogP contribution < -0.4 is 5.32 Å². The number of rotatable bonds is 6. The minimum atomic E-state index is -0.0895. The molecule has 2 N–H and O–H groups in total. The molecule has 0 aliphatic heterocycles. The summed E-state index contributed by atoms with van der Waals surface area (Å²) < 4.78 is 0. The number of aryl methyl sites for hydroxylation is 1. The number of pyridine rings is 1. The van der Waals surface area contributed by atoms with E-state index in [1.54, 1.807) is 12.3 Å². The van der Waals surface area contributed by atoms with Crippen LogP contribution in [0, 0.1) is 23.2 Å². The topological polar surface area (TPSA) is 62.2 Å². The van der Waals surface area contributed by atoms with Gasteiger partial charge in [0.25, 0.3) is 5.91 Å². The highest BCUT2D eigenvalue weighted by atomic mass is 35.5. The fraction of sp³-hybridized carbons (Fsp3) is 0.700. The van der Waals surface area contributed by atoms with Crippen LogP contribution in [0.3, 0.4) is 0 Å². The number of carbonyl (C=O) groups is 1. The number of aliphatic hydroxyl groups excluding tert-OH is 1. The zero-order chi connectivity index (χ0) is 17.4. The largest absolute Gasteiger partial charge is 0.396 e. The summed E-state index contributed by atoms with van der Waals surface area (Å²) in [6, 6.07) is 1.77. The predicted octanol–water partition coefficient (Wildman–Crippen LogP) is 3.61. The fourth-order valence-corrected chi connectivity index (χ4v) is 6.11. The van der Waals surface area contributed by atoms with E-state index < -0.39 is 0 Å². The van der Waals surface area contributed by atoms with Gasteiger partial charge in [0.1, 0.15) is 0 Å². The summed E-state index contributed by atoms with van der Waals surface area (Å²) in [6.07, 6.45) is 10.9. The maximum Gasteiger partial charge on any atom is 0.252 e. The lowest BCUT2D eigenvalue weighted by Crippen LogP contribution is -2.51. The van der Waals surface area contributed by atoms with Gasteiger partial charge in [0.15, 0.2) is 0 Å². The highest BCUT2D eigenvalue weighted by molar-refractivity contribution is 6.33. The predicted molar refractivity (Wildman–Crippen MR) is 97.6 cm³/mol. The van der Waals surface area contributed by atoms with E-state index in [1.807, 2.05) is 0 Å². The molecular weight excluding hydrogens is 336 g/mol. The molecule has 4 aliphatic carbocycles. The molecule has 4 aliphatic rings. The fourth-order valence-electron chi connectivity index (χ4n) is 5.92. The third-order valence-electron chi connectivity index (χ3n) is 6.54. The molecule has 1 aromatic heterocycles. The molecule has 0 spiro atoms. The van der Waals surface area contributed by atoms with Crippen molar-refractivity contribution < 1.29 is 9.90 Å². The van der Waals surface area contributed by atoms with E-state index in [9.17, 15) is 4.79 Å². The molecule has 0 aromatic carbocycles. The molecule has 5 rings (SSSR count). The molecule has 1 amide bonds. The van der Waals surface area contributed by atoms with Gasteiger partial charge in [-0.05, 0) is 80.6 Å². The van der Waals surface area contributed by atoms with Gasteiger partial charge in [0.2, 0.25) is 0 Å². The van der Waals surface area contributed by atoms with Crippen molar-refractivity contribution >= 4 is 17.5 Å². The van der Waals surface area contributed by atoms with Crippen molar-refractivity contribution in [3.63, 3.8) is 0 Å². The van der Waals surface area contributed by atoms with Crippen LogP contribution in [0.1, 0.15) is 61.0 Å². The summed E-state index contributed by atoms with van der Waals surface area (Å²) in [5.74, 6) is 2.57. The zero-order valence-corrected chi connectivity index (χ0v) is 15.4. The van der Waals surface area contributed by atoms with E-state index in [2.05, 4.69) is 10.3 Å². The van der Waals surface area contributed by atoms with Gasteiger partial charge in [-0.1, -0.05) is 11.6 Å². The summed E-state index contributed by atoms with van der Waals surface area (Å²) >= 11 is 6.21. The lowest BCUT2D eigenvalue weighted by atomic mass is 9.49. The van der Waals surface area contributed by atoms with Crippen molar-refractivity contribution in [2.24, 2.45) is 23.2 Å². The molecule has 25 heavy (non-hydrogen) atoms. The quantitative estimate of drug-likeness (QED) is 0.812. The first-order valence-electron chi connectivity index (χ1n) is 9.60. The molecule has 0 unspecified atom stereocenters. The molecule has 4 fully saturated rings. The molecule has 1 aromatic rings. The number of halogens is 1. The Morgan fingerprint density at radius 3 is 2.48 bits per heavy atom. The Labute approximate surface area is 154 Å². The summed E-state index contributed by atoms with van der Waals surface area (Å²) in [5, 5.41) is 12.5. The average molecular weight is 363 g/mol. The molecule has 4 nitrogen and oxygen atoms in total. The molecule has 4 bridgehead atoms. The smallest absolute Gasteiger partial charge is 0.252 e. The van der Waals surface area contributed by atoms with E-state index in [0.29, 0.717) is 28.8 Å². The number of aliphatic hydroxyl groups is 1. The number of amides is 1. The Bertz CT molecular complexity index is 626. The van der Waals surface area contributed by atoms with E-state index in [-0.39, 0.29) is 12.5 Å². The summed E-state index contributed by atoms with van der Waals surface area (Å²) in [4.78, 5) is 17.0. The van der Waals surface area contributed by atoms with Crippen LogP contribution in [0.15, 0.2) is 12.3 Å². The van der Waals surface area contributed by atoms with Gasteiger partial charge in [-0.3, -0.25) is 9.78 Å². The Balaban J connectivity index is 1.42. The van der Waals surface area contributed by atoms with Gasteiger partial charge < -0.3 is 10.4 Å².